The molecule has 0 spiro atoms. The molecule has 1 atom stereocenters. The summed E-state index contributed by atoms with van der Waals surface area (Å²) in [5, 5.41) is 3.72. The average Bonchev–Trinajstić information content (AvgIpc) is 2.14. The first-order valence-electron chi connectivity index (χ1n) is 2.05. The number of nitrogens with zero attached hydrogens (tertiary/aromatic N) is 2. The normalized spacial score (nSPS) is 27.2. The van der Waals surface area contributed by atoms with Crippen molar-refractivity contribution in [3.63, 3.8) is 0 Å². The number of hydrazone groups is 1. The zero-order chi connectivity index (χ0) is 5.98. The topological polar surface area (TPSA) is 24.8 Å². The van der Waals surface area contributed by atoms with Gasteiger partial charge in [-0.2, -0.15) is 0 Å². The predicted molar refractivity (Wildman–Crippen MR) is 37.7 cm³/mol. The summed E-state index contributed by atoms with van der Waals surface area (Å²) in [6.45, 7) is 0. The van der Waals surface area contributed by atoms with E-state index in [-0.39, 0.29) is 5.44 Å². The highest BCUT2D eigenvalue weighted by Gasteiger charge is 2.13. The molecule has 1 aliphatic heterocycles. The van der Waals surface area contributed by atoms with Crippen molar-refractivity contribution in [2.24, 2.45) is 5.10 Å². The van der Waals surface area contributed by atoms with Gasteiger partial charge >= 0.3 is 0 Å². The number of hydrogen-bond acceptors (Lipinski definition) is 5. The lowest BCUT2D eigenvalue weighted by atomic mass is 10.8. The summed E-state index contributed by atoms with van der Waals surface area (Å²) >= 11 is 5.38. The van der Waals surface area contributed by atoms with Crippen molar-refractivity contribution in [1.29, 1.82) is 0 Å². The maximum absolute atomic E-state index is 4.95. The molecule has 8 heavy (non-hydrogen) atoms. The van der Waals surface area contributed by atoms with Crippen molar-refractivity contribution in [2.75, 3.05) is 6.26 Å². The molecular formula is C3H6N2OS2. The van der Waals surface area contributed by atoms with E-state index in [2.05, 4.69) is 17.9 Å². The van der Waals surface area contributed by atoms with Crippen LogP contribution in [0.4, 0.5) is 0 Å². The second-order valence-corrected chi connectivity index (χ2v) is 2.50. The molecule has 5 heteroatoms. The van der Waals surface area contributed by atoms with E-state index in [0.717, 1.165) is 4.58 Å². The largest absolute Gasteiger partial charge is 0.226 e. The Balaban J connectivity index is 2.34. The first-order valence-corrected chi connectivity index (χ1v) is 3.74. The fraction of sp³-hybridized carbons (Fsp3) is 0.667. The Bertz CT molecular complexity index is 107. The Hall–Kier alpha value is 0.130. The predicted octanol–water partition coefficient (Wildman–Crippen LogP) is 0.753. The summed E-state index contributed by atoms with van der Waals surface area (Å²) in [6, 6.07) is 0. The quantitative estimate of drug-likeness (QED) is 0.558. The molecule has 0 N–H and O–H groups in total. The van der Waals surface area contributed by atoms with Gasteiger partial charge in [0.1, 0.15) is 0 Å². The highest BCUT2D eigenvalue weighted by atomic mass is 32.2. The Labute approximate surface area is 57.6 Å². The maximum atomic E-state index is 4.95. The molecule has 0 radical (unpaired) electrons. The minimum absolute atomic E-state index is 0.0486. The van der Waals surface area contributed by atoms with E-state index in [9.17, 15) is 0 Å². The molecule has 1 unspecified atom stereocenters. The van der Waals surface area contributed by atoms with E-state index in [1.54, 1.807) is 18.0 Å². The van der Waals surface area contributed by atoms with E-state index in [0.29, 0.717) is 0 Å². The van der Waals surface area contributed by atoms with Crippen LogP contribution in [0.25, 0.3) is 0 Å². The highest BCUT2D eigenvalue weighted by molar-refractivity contribution is 7.99. The van der Waals surface area contributed by atoms with E-state index in [1.807, 2.05) is 6.26 Å². The molecule has 1 aliphatic rings. The molecule has 0 saturated carbocycles. The third-order valence-corrected chi connectivity index (χ3v) is 1.59. The van der Waals surface area contributed by atoms with Gasteiger partial charge in [-0.25, -0.2) is 4.84 Å². The fourth-order valence-electron chi connectivity index (χ4n) is 0.363. The van der Waals surface area contributed by atoms with Crippen molar-refractivity contribution >= 4 is 30.8 Å². The smallest absolute Gasteiger partial charge is 0.171 e. The van der Waals surface area contributed by atoms with Gasteiger partial charge in [-0.15, -0.1) is 21.4 Å². The lowest BCUT2D eigenvalue weighted by Crippen LogP contribution is -2.06. The number of rotatable bonds is 1. The van der Waals surface area contributed by atoms with Crippen LogP contribution in [-0.2, 0) is 4.84 Å². The lowest BCUT2D eigenvalue weighted by Gasteiger charge is -2.04. The minimum atomic E-state index is 0.0486. The van der Waals surface area contributed by atoms with Gasteiger partial charge in [-0.3, -0.25) is 0 Å². The molecule has 0 aromatic carbocycles. The van der Waals surface area contributed by atoms with Gasteiger partial charge in [0.2, 0.25) is 0 Å². The van der Waals surface area contributed by atoms with Gasteiger partial charge in [-0.05, 0) is 19.1 Å². The van der Waals surface area contributed by atoms with Crippen molar-refractivity contribution < 1.29 is 4.84 Å². The molecule has 0 aliphatic carbocycles. The van der Waals surface area contributed by atoms with Gasteiger partial charge < -0.3 is 0 Å². The molecule has 0 bridgehead atoms. The molecular weight excluding hydrogens is 144 g/mol. The first-order chi connectivity index (χ1) is 3.83. The second kappa shape index (κ2) is 2.61. The monoisotopic (exact) mass is 150 g/mol. The van der Waals surface area contributed by atoms with Crippen molar-refractivity contribution in [1.82, 2.24) is 4.58 Å². The van der Waals surface area contributed by atoms with E-state index < -0.39 is 0 Å². The van der Waals surface area contributed by atoms with E-state index >= 15 is 0 Å². The first kappa shape index (κ1) is 6.25. The molecule has 0 saturated heterocycles. The molecule has 3 nitrogen and oxygen atoms in total. The van der Waals surface area contributed by atoms with Crippen LogP contribution in [0.15, 0.2) is 5.10 Å². The molecule has 46 valence electrons. The summed E-state index contributed by atoms with van der Waals surface area (Å²) < 4.78 is 1.15. The third kappa shape index (κ3) is 1.30. The standard InChI is InChI=1S/C3H6N2OS2/c1-8-3-2-4-5(7)6-3/h2-3,7H,1H3. The van der Waals surface area contributed by atoms with E-state index in [4.69, 9.17) is 4.84 Å². The Morgan fingerprint density at radius 2 is 2.75 bits per heavy atom. The van der Waals surface area contributed by atoms with Crippen LogP contribution in [0, 0.1) is 0 Å². The fourth-order valence-corrected chi connectivity index (χ4v) is 0.931. The summed E-state index contributed by atoms with van der Waals surface area (Å²) in [4.78, 5) is 4.95. The zero-order valence-corrected chi connectivity index (χ0v) is 6.02. The Kier molecular flexibility index (Phi) is 2.04. The van der Waals surface area contributed by atoms with Crippen LogP contribution in [0.3, 0.4) is 0 Å². The highest BCUT2D eigenvalue weighted by Crippen LogP contribution is 2.15. The van der Waals surface area contributed by atoms with Gasteiger partial charge in [0.05, 0.1) is 6.21 Å². The number of thiol groups is 1. The van der Waals surface area contributed by atoms with Crippen LogP contribution < -0.4 is 0 Å². The third-order valence-electron chi connectivity index (χ3n) is 0.718. The molecule has 0 aromatic rings. The van der Waals surface area contributed by atoms with Crippen molar-refractivity contribution in [3.8, 4) is 0 Å². The molecule has 1 heterocycles. The summed E-state index contributed by atoms with van der Waals surface area (Å²) in [7, 11) is 0. The van der Waals surface area contributed by atoms with Gasteiger partial charge in [-0.1, -0.05) is 0 Å². The Morgan fingerprint density at radius 1 is 2.00 bits per heavy atom. The zero-order valence-electron chi connectivity index (χ0n) is 4.31. The summed E-state index contributed by atoms with van der Waals surface area (Å²) in [5.41, 5.74) is 0.0486. The lowest BCUT2D eigenvalue weighted by molar-refractivity contribution is -0.0425. The summed E-state index contributed by atoms with van der Waals surface area (Å²) in [5.74, 6) is 0. The molecule has 0 fully saturated rings. The number of thioether (sulfide) groups is 1. The van der Waals surface area contributed by atoms with Crippen molar-refractivity contribution in [3.05, 3.63) is 0 Å². The molecule has 0 aromatic heterocycles. The van der Waals surface area contributed by atoms with Gasteiger partial charge in [0.15, 0.2) is 5.44 Å². The van der Waals surface area contributed by atoms with Crippen LogP contribution >= 0.6 is 24.6 Å². The second-order valence-electron chi connectivity index (χ2n) is 1.23. The Morgan fingerprint density at radius 3 is 3.00 bits per heavy atom. The minimum Gasteiger partial charge on any atom is -0.226 e. The number of hydrogen-bond donors (Lipinski definition) is 1. The summed E-state index contributed by atoms with van der Waals surface area (Å²) in [6.07, 6.45) is 3.64. The average molecular weight is 150 g/mol. The maximum Gasteiger partial charge on any atom is 0.171 e. The molecule has 1 rings (SSSR count). The van der Waals surface area contributed by atoms with Crippen LogP contribution in [0.2, 0.25) is 0 Å². The SMILES string of the molecule is CSC1C=NN(S)O1. The van der Waals surface area contributed by atoms with Crippen LogP contribution in [-0.4, -0.2) is 22.5 Å². The van der Waals surface area contributed by atoms with E-state index in [1.165, 1.54) is 0 Å². The van der Waals surface area contributed by atoms with Gasteiger partial charge in [0.25, 0.3) is 0 Å². The van der Waals surface area contributed by atoms with Crippen molar-refractivity contribution in [2.45, 2.75) is 5.44 Å². The van der Waals surface area contributed by atoms with Crippen LogP contribution in [0.5, 0.6) is 0 Å². The van der Waals surface area contributed by atoms with Crippen LogP contribution in [0.1, 0.15) is 0 Å². The molecule has 0 amide bonds. The van der Waals surface area contributed by atoms with Gasteiger partial charge in [0, 0.05) is 0 Å².